The summed E-state index contributed by atoms with van der Waals surface area (Å²) in [6.07, 6.45) is 2.73. The number of amides is 2. The molecule has 0 unspecified atom stereocenters. The van der Waals surface area contributed by atoms with Crippen molar-refractivity contribution in [2.75, 3.05) is 13.1 Å². The molecular formula is C19H21N3O3. The van der Waals surface area contributed by atoms with E-state index in [1.54, 1.807) is 4.90 Å². The zero-order valence-corrected chi connectivity index (χ0v) is 13.9. The maximum absolute atomic E-state index is 12.4. The lowest BCUT2D eigenvalue weighted by molar-refractivity contribution is -0.126. The van der Waals surface area contributed by atoms with Crippen LogP contribution in [0.1, 0.15) is 28.9 Å². The number of hydrogen-bond donors (Lipinski definition) is 2. The van der Waals surface area contributed by atoms with Crippen LogP contribution in [0.2, 0.25) is 0 Å². The highest BCUT2D eigenvalue weighted by atomic mass is 16.2. The number of benzene rings is 1. The maximum atomic E-state index is 12.4. The molecule has 2 amide bonds. The van der Waals surface area contributed by atoms with Crippen molar-refractivity contribution in [3.63, 3.8) is 0 Å². The van der Waals surface area contributed by atoms with E-state index in [0.717, 1.165) is 5.56 Å². The van der Waals surface area contributed by atoms with E-state index < -0.39 is 0 Å². The minimum Gasteiger partial charge on any atom is -0.357 e. The summed E-state index contributed by atoms with van der Waals surface area (Å²) in [7, 11) is 0. The number of aromatic nitrogens is 1. The Kier molecular flexibility index (Phi) is 5.28. The van der Waals surface area contributed by atoms with Crippen LogP contribution in [-0.4, -0.2) is 34.8 Å². The van der Waals surface area contributed by atoms with Crippen molar-refractivity contribution < 1.29 is 9.59 Å². The van der Waals surface area contributed by atoms with Crippen LogP contribution in [0.15, 0.2) is 53.5 Å². The quantitative estimate of drug-likeness (QED) is 0.886. The Labute approximate surface area is 145 Å². The van der Waals surface area contributed by atoms with Crippen LogP contribution >= 0.6 is 0 Å². The topological polar surface area (TPSA) is 82.3 Å². The van der Waals surface area contributed by atoms with E-state index >= 15 is 0 Å². The van der Waals surface area contributed by atoms with Gasteiger partial charge in [0.2, 0.25) is 5.91 Å². The predicted octanol–water partition coefficient (Wildman–Crippen LogP) is 1.54. The lowest BCUT2D eigenvalue weighted by Crippen LogP contribution is -2.43. The molecule has 0 spiro atoms. The van der Waals surface area contributed by atoms with E-state index in [1.165, 1.54) is 18.3 Å². The standard InChI is InChI=1S/C19H21N3O3/c23-16-6-9-20-17(12-16)19(25)22-10-7-15(8-11-22)18(24)21-13-14-4-2-1-3-5-14/h1-6,9,12,15H,7-8,10-11,13H2,(H,20,23)(H,21,24). The first-order valence-corrected chi connectivity index (χ1v) is 8.43. The van der Waals surface area contributed by atoms with Crippen molar-refractivity contribution in [2.45, 2.75) is 19.4 Å². The van der Waals surface area contributed by atoms with E-state index in [-0.39, 0.29) is 23.2 Å². The molecule has 0 radical (unpaired) electrons. The van der Waals surface area contributed by atoms with Crippen LogP contribution < -0.4 is 10.7 Å². The summed E-state index contributed by atoms with van der Waals surface area (Å²) in [6.45, 7) is 1.54. The molecule has 2 N–H and O–H groups in total. The van der Waals surface area contributed by atoms with Gasteiger partial charge in [0.25, 0.3) is 5.91 Å². The van der Waals surface area contributed by atoms with Crippen LogP contribution in [0, 0.1) is 5.92 Å². The van der Waals surface area contributed by atoms with Gasteiger partial charge in [0.05, 0.1) is 0 Å². The fourth-order valence-corrected chi connectivity index (χ4v) is 3.01. The summed E-state index contributed by atoms with van der Waals surface area (Å²) in [5.74, 6) is -0.243. The van der Waals surface area contributed by atoms with Crippen LogP contribution in [0.5, 0.6) is 0 Å². The number of nitrogens with one attached hydrogen (secondary N) is 2. The normalized spacial score (nSPS) is 15.0. The third kappa shape index (κ3) is 4.35. The van der Waals surface area contributed by atoms with Crippen LogP contribution in [-0.2, 0) is 11.3 Å². The van der Waals surface area contributed by atoms with Gasteiger partial charge >= 0.3 is 0 Å². The first-order valence-electron chi connectivity index (χ1n) is 8.43. The smallest absolute Gasteiger partial charge is 0.270 e. The van der Waals surface area contributed by atoms with Crippen molar-refractivity contribution in [1.82, 2.24) is 15.2 Å². The molecule has 3 rings (SSSR count). The summed E-state index contributed by atoms with van der Waals surface area (Å²) < 4.78 is 0. The van der Waals surface area contributed by atoms with Gasteiger partial charge in [-0.25, -0.2) is 0 Å². The summed E-state index contributed by atoms with van der Waals surface area (Å²) in [5.41, 5.74) is 1.16. The second-order valence-electron chi connectivity index (χ2n) is 6.21. The monoisotopic (exact) mass is 339 g/mol. The molecule has 6 heteroatoms. The minimum absolute atomic E-state index is 0.0315. The molecular weight excluding hydrogens is 318 g/mol. The van der Waals surface area contributed by atoms with Gasteiger partial charge in [-0.05, 0) is 18.4 Å². The van der Waals surface area contributed by atoms with Gasteiger partial charge in [-0.15, -0.1) is 0 Å². The van der Waals surface area contributed by atoms with Gasteiger partial charge in [-0.2, -0.15) is 0 Å². The van der Waals surface area contributed by atoms with E-state index in [9.17, 15) is 14.4 Å². The minimum atomic E-state index is -0.197. The third-order valence-electron chi connectivity index (χ3n) is 4.47. The fraction of sp³-hybridized carbons (Fsp3) is 0.316. The van der Waals surface area contributed by atoms with E-state index in [1.807, 2.05) is 30.3 Å². The Morgan fingerprint density at radius 1 is 1.12 bits per heavy atom. The molecule has 130 valence electrons. The average molecular weight is 339 g/mol. The summed E-state index contributed by atoms with van der Waals surface area (Å²) in [6, 6.07) is 12.5. The molecule has 0 aliphatic carbocycles. The van der Waals surface area contributed by atoms with Gasteiger partial charge in [0, 0.05) is 43.9 Å². The number of rotatable bonds is 4. The highest BCUT2D eigenvalue weighted by molar-refractivity contribution is 5.92. The predicted molar refractivity (Wildman–Crippen MR) is 94.0 cm³/mol. The first kappa shape index (κ1) is 17.0. The second-order valence-corrected chi connectivity index (χ2v) is 6.21. The van der Waals surface area contributed by atoms with Gasteiger partial charge in [0.1, 0.15) is 5.69 Å². The number of carbonyl (C=O) groups excluding carboxylic acids is 2. The maximum Gasteiger partial charge on any atom is 0.270 e. The second kappa shape index (κ2) is 7.79. The highest BCUT2D eigenvalue weighted by Gasteiger charge is 2.27. The van der Waals surface area contributed by atoms with Gasteiger partial charge < -0.3 is 15.2 Å². The van der Waals surface area contributed by atoms with Gasteiger partial charge in [0.15, 0.2) is 5.43 Å². The van der Waals surface area contributed by atoms with Crippen molar-refractivity contribution in [3.05, 3.63) is 70.1 Å². The first-order chi connectivity index (χ1) is 12.1. The van der Waals surface area contributed by atoms with Crippen molar-refractivity contribution >= 4 is 11.8 Å². The van der Waals surface area contributed by atoms with Crippen LogP contribution in [0.4, 0.5) is 0 Å². The molecule has 0 atom stereocenters. The molecule has 1 aromatic heterocycles. The molecule has 6 nitrogen and oxygen atoms in total. The molecule has 1 aromatic carbocycles. The fourth-order valence-electron chi connectivity index (χ4n) is 3.01. The molecule has 2 aromatic rings. The van der Waals surface area contributed by atoms with Crippen molar-refractivity contribution in [2.24, 2.45) is 5.92 Å². The van der Waals surface area contributed by atoms with Crippen molar-refractivity contribution in [1.29, 1.82) is 0 Å². The SMILES string of the molecule is O=C(NCc1ccccc1)C1CCN(C(=O)c2cc(=O)cc[nH]2)CC1. The van der Waals surface area contributed by atoms with Gasteiger partial charge in [-0.3, -0.25) is 14.4 Å². The average Bonchev–Trinajstić information content (AvgIpc) is 2.66. The summed E-state index contributed by atoms with van der Waals surface area (Å²) in [5, 5.41) is 2.96. The largest absolute Gasteiger partial charge is 0.357 e. The van der Waals surface area contributed by atoms with E-state index in [4.69, 9.17) is 0 Å². The number of likely N-dealkylation sites (tertiary alicyclic amines) is 1. The number of carbonyl (C=O) groups is 2. The summed E-state index contributed by atoms with van der Waals surface area (Å²) >= 11 is 0. The number of H-pyrrole nitrogens is 1. The number of aromatic amines is 1. The molecule has 1 saturated heterocycles. The van der Waals surface area contributed by atoms with E-state index in [0.29, 0.717) is 38.2 Å². The lowest BCUT2D eigenvalue weighted by atomic mass is 9.95. The summed E-state index contributed by atoms with van der Waals surface area (Å²) in [4.78, 5) is 40.6. The Bertz CT molecular complexity index is 793. The zero-order valence-electron chi connectivity index (χ0n) is 13.9. The zero-order chi connectivity index (χ0) is 17.6. The van der Waals surface area contributed by atoms with Crippen molar-refractivity contribution in [3.8, 4) is 0 Å². The number of hydrogen-bond acceptors (Lipinski definition) is 3. The number of nitrogens with zero attached hydrogens (tertiary/aromatic N) is 1. The molecule has 1 aliphatic heterocycles. The van der Waals surface area contributed by atoms with Crippen LogP contribution in [0.3, 0.4) is 0 Å². The Morgan fingerprint density at radius 3 is 2.52 bits per heavy atom. The third-order valence-corrected chi connectivity index (χ3v) is 4.47. The van der Waals surface area contributed by atoms with E-state index in [2.05, 4.69) is 10.3 Å². The number of pyridine rings is 1. The molecule has 0 bridgehead atoms. The Hall–Kier alpha value is -2.89. The highest BCUT2D eigenvalue weighted by Crippen LogP contribution is 2.19. The Morgan fingerprint density at radius 2 is 1.84 bits per heavy atom. The van der Waals surface area contributed by atoms with Gasteiger partial charge in [-0.1, -0.05) is 30.3 Å². The molecule has 1 aliphatic rings. The number of piperidine rings is 1. The lowest BCUT2D eigenvalue weighted by Gasteiger charge is -2.31. The van der Waals surface area contributed by atoms with Crippen LogP contribution in [0.25, 0.3) is 0 Å². The molecule has 2 heterocycles. The molecule has 1 fully saturated rings. The molecule has 0 saturated carbocycles. The molecule has 25 heavy (non-hydrogen) atoms. The Balaban J connectivity index is 1.50.